The van der Waals surface area contributed by atoms with Crippen LogP contribution in [-0.2, 0) is 10.0 Å². The molecule has 0 bridgehead atoms. The molecule has 0 aromatic carbocycles. The monoisotopic (exact) mass is 433 g/mol. The Morgan fingerprint density at radius 1 is 1.17 bits per heavy atom. The molecule has 3 heterocycles. The van der Waals surface area contributed by atoms with E-state index in [-0.39, 0.29) is 17.1 Å². The van der Waals surface area contributed by atoms with Gasteiger partial charge in [0.1, 0.15) is 5.82 Å². The Labute approximate surface area is 162 Å². The first-order valence-electron chi connectivity index (χ1n) is 8.08. The summed E-state index contributed by atoms with van der Waals surface area (Å²) in [6.45, 7) is -1.03. The summed E-state index contributed by atoms with van der Waals surface area (Å²) in [5.41, 5.74) is 0.252. The van der Waals surface area contributed by atoms with Crippen LogP contribution in [0.5, 0.6) is 0 Å². The van der Waals surface area contributed by atoms with Crippen LogP contribution in [0.25, 0.3) is 0 Å². The van der Waals surface area contributed by atoms with Crippen LogP contribution in [0.3, 0.4) is 0 Å². The third-order valence-electron chi connectivity index (χ3n) is 4.15. The van der Waals surface area contributed by atoms with E-state index < -0.39 is 45.9 Å². The van der Waals surface area contributed by atoms with E-state index in [1.165, 1.54) is 18.3 Å². The Bertz CT molecular complexity index is 1060. The van der Waals surface area contributed by atoms with E-state index in [1.807, 2.05) is 0 Å². The van der Waals surface area contributed by atoms with Gasteiger partial charge in [0.2, 0.25) is 0 Å². The number of anilines is 2. The molecule has 0 radical (unpaired) electrons. The highest BCUT2D eigenvalue weighted by molar-refractivity contribution is 7.89. The molecule has 1 amide bonds. The third-order valence-corrected chi connectivity index (χ3v) is 4.95. The SMILES string of the molecule is Cc1cnc(N2CC(F)(F)C(F)(F)C2)c(C(=O)Nc2ccnc(S(N)(=O)=O)c2)c1. The van der Waals surface area contributed by atoms with Gasteiger partial charge in [-0.05, 0) is 24.6 Å². The van der Waals surface area contributed by atoms with Crippen molar-refractivity contribution in [1.29, 1.82) is 0 Å². The number of pyridine rings is 2. The summed E-state index contributed by atoms with van der Waals surface area (Å²) in [4.78, 5) is 20.8. The standard InChI is InChI=1S/C16H15F4N5O3S/c1-9-4-11(13(23-6-9)25-7-15(17,18)16(19,20)8-25)14(26)24-10-2-3-22-12(5-10)29(21,27)28/h2-6H,7-8H2,1H3,(H2,21,27,28)(H,22,24,26). The number of nitrogens with zero attached hydrogens (tertiary/aromatic N) is 3. The maximum Gasteiger partial charge on any atom is 0.329 e. The van der Waals surface area contributed by atoms with Gasteiger partial charge in [-0.3, -0.25) is 4.79 Å². The van der Waals surface area contributed by atoms with Gasteiger partial charge < -0.3 is 10.2 Å². The number of halogens is 4. The lowest BCUT2D eigenvalue weighted by Gasteiger charge is -2.19. The van der Waals surface area contributed by atoms with Crippen LogP contribution in [0.15, 0.2) is 35.6 Å². The number of carbonyl (C=O) groups excluding carboxylic acids is 1. The maximum absolute atomic E-state index is 13.6. The summed E-state index contributed by atoms with van der Waals surface area (Å²) in [5.74, 6) is -9.75. The molecule has 0 spiro atoms. The average Bonchev–Trinajstić information content (AvgIpc) is 2.81. The smallest absolute Gasteiger partial charge is 0.329 e. The maximum atomic E-state index is 13.6. The van der Waals surface area contributed by atoms with Crippen molar-refractivity contribution in [3.8, 4) is 0 Å². The number of carbonyl (C=O) groups is 1. The fourth-order valence-electron chi connectivity index (χ4n) is 2.74. The Morgan fingerprint density at radius 2 is 1.79 bits per heavy atom. The molecule has 0 saturated carbocycles. The molecule has 0 unspecified atom stereocenters. The minimum absolute atomic E-state index is 0.00133. The van der Waals surface area contributed by atoms with Gasteiger partial charge in [0, 0.05) is 24.1 Å². The molecule has 3 N–H and O–H groups in total. The zero-order valence-electron chi connectivity index (χ0n) is 14.9. The van der Waals surface area contributed by atoms with Crippen molar-refractivity contribution < 1.29 is 30.8 Å². The molecule has 2 aromatic rings. The van der Waals surface area contributed by atoms with Crippen LogP contribution in [0.1, 0.15) is 15.9 Å². The van der Waals surface area contributed by atoms with Crippen LogP contribution in [0.4, 0.5) is 29.1 Å². The number of aryl methyl sites for hydroxylation is 1. The van der Waals surface area contributed by atoms with Gasteiger partial charge in [0.25, 0.3) is 15.9 Å². The summed E-state index contributed by atoms with van der Waals surface area (Å²) in [7, 11) is -4.13. The van der Waals surface area contributed by atoms with E-state index in [4.69, 9.17) is 5.14 Å². The number of hydrogen-bond donors (Lipinski definition) is 2. The third kappa shape index (κ3) is 4.15. The Hall–Kier alpha value is -2.80. The Kier molecular flexibility index (Phi) is 4.99. The molecule has 1 aliphatic rings. The summed E-state index contributed by atoms with van der Waals surface area (Å²) in [5, 5.41) is 6.84. The van der Waals surface area contributed by atoms with Crippen molar-refractivity contribution in [2.24, 2.45) is 5.14 Å². The Morgan fingerprint density at radius 3 is 2.38 bits per heavy atom. The molecule has 156 valence electrons. The van der Waals surface area contributed by atoms with Gasteiger partial charge in [-0.15, -0.1) is 0 Å². The lowest BCUT2D eigenvalue weighted by Crippen LogP contribution is -2.38. The number of primary sulfonamides is 1. The number of nitrogens with one attached hydrogen (secondary N) is 1. The number of alkyl halides is 4. The molecule has 0 aliphatic carbocycles. The quantitative estimate of drug-likeness (QED) is 0.710. The molecule has 1 saturated heterocycles. The summed E-state index contributed by atoms with van der Waals surface area (Å²) < 4.78 is 77.1. The predicted octanol–water partition coefficient (Wildman–Crippen LogP) is 1.78. The van der Waals surface area contributed by atoms with Crippen LogP contribution in [-0.4, -0.2) is 49.2 Å². The first-order valence-corrected chi connectivity index (χ1v) is 9.62. The van der Waals surface area contributed by atoms with Crippen molar-refractivity contribution >= 4 is 27.4 Å². The number of amides is 1. The fraction of sp³-hybridized carbons (Fsp3) is 0.312. The summed E-state index contributed by atoms with van der Waals surface area (Å²) >= 11 is 0. The molecule has 1 fully saturated rings. The lowest BCUT2D eigenvalue weighted by atomic mass is 10.1. The number of nitrogens with two attached hydrogens (primary N) is 1. The highest BCUT2D eigenvalue weighted by Crippen LogP contribution is 2.42. The second-order valence-electron chi connectivity index (χ2n) is 6.53. The molecule has 8 nitrogen and oxygen atoms in total. The van der Waals surface area contributed by atoms with Gasteiger partial charge in [-0.1, -0.05) is 0 Å². The van der Waals surface area contributed by atoms with Gasteiger partial charge in [-0.25, -0.2) is 23.5 Å². The molecular formula is C16H15F4N5O3S. The first kappa shape index (κ1) is 20.9. The number of sulfonamides is 1. The van der Waals surface area contributed by atoms with Crippen molar-refractivity contribution in [2.75, 3.05) is 23.3 Å². The van der Waals surface area contributed by atoms with E-state index in [2.05, 4.69) is 15.3 Å². The summed E-state index contributed by atoms with van der Waals surface area (Å²) in [6, 6.07) is 3.57. The minimum Gasteiger partial charge on any atom is -0.343 e. The van der Waals surface area contributed by atoms with Crippen molar-refractivity contribution in [3.05, 3.63) is 41.7 Å². The zero-order valence-corrected chi connectivity index (χ0v) is 15.7. The molecule has 1 aliphatic heterocycles. The second-order valence-corrected chi connectivity index (χ2v) is 8.04. The van der Waals surface area contributed by atoms with Crippen molar-refractivity contribution in [3.63, 3.8) is 0 Å². The molecule has 0 atom stereocenters. The zero-order chi connectivity index (χ0) is 21.6. The van der Waals surface area contributed by atoms with Crippen LogP contribution in [0, 0.1) is 6.92 Å². The summed E-state index contributed by atoms with van der Waals surface area (Å²) in [6.07, 6.45) is 2.35. The second kappa shape index (κ2) is 6.91. The number of rotatable bonds is 4. The van der Waals surface area contributed by atoms with Crippen LogP contribution in [0.2, 0.25) is 0 Å². The minimum atomic E-state index is -4.28. The molecule has 3 rings (SSSR count). The average molecular weight is 433 g/mol. The Balaban J connectivity index is 1.94. The number of aromatic nitrogens is 2. The molecule has 29 heavy (non-hydrogen) atoms. The largest absolute Gasteiger partial charge is 0.343 e. The molecule has 13 heteroatoms. The van der Waals surface area contributed by atoms with Gasteiger partial charge in [-0.2, -0.15) is 17.6 Å². The molecule has 2 aromatic heterocycles. The van der Waals surface area contributed by atoms with E-state index >= 15 is 0 Å². The van der Waals surface area contributed by atoms with Gasteiger partial charge >= 0.3 is 11.8 Å². The fourth-order valence-corrected chi connectivity index (χ4v) is 3.24. The lowest BCUT2D eigenvalue weighted by molar-refractivity contribution is -0.172. The topological polar surface area (TPSA) is 118 Å². The van der Waals surface area contributed by atoms with E-state index in [1.54, 1.807) is 6.92 Å². The van der Waals surface area contributed by atoms with Gasteiger partial charge in [0.05, 0.1) is 18.7 Å². The van der Waals surface area contributed by atoms with E-state index in [0.29, 0.717) is 10.5 Å². The normalized spacial score (nSPS) is 17.9. The van der Waals surface area contributed by atoms with E-state index in [9.17, 15) is 30.8 Å². The first-order chi connectivity index (χ1) is 13.3. The van der Waals surface area contributed by atoms with Gasteiger partial charge in [0.15, 0.2) is 5.03 Å². The highest BCUT2D eigenvalue weighted by atomic mass is 32.2. The van der Waals surface area contributed by atoms with Crippen LogP contribution < -0.4 is 15.4 Å². The highest BCUT2D eigenvalue weighted by Gasteiger charge is 2.63. The van der Waals surface area contributed by atoms with Crippen LogP contribution >= 0.6 is 0 Å². The number of hydrogen-bond acceptors (Lipinski definition) is 6. The molecular weight excluding hydrogens is 418 g/mol. The van der Waals surface area contributed by atoms with Crippen molar-refractivity contribution in [1.82, 2.24) is 9.97 Å². The predicted molar refractivity (Wildman–Crippen MR) is 94.6 cm³/mol. The van der Waals surface area contributed by atoms with Crippen molar-refractivity contribution in [2.45, 2.75) is 23.8 Å². The van der Waals surface area contributed by atoms with E-state index in [0.717, 1.165) is 12.3 Å².